The van der Waals surface area contributed by atoms with Gasteiger partial charge in [0.1, 0.15) is 17.2 Å². The van der Waals surface area contributed by atoms with Crippen LogP contribution in [-0.2, 0) is 34.3 Å². The summed E-state index contributed by atoms with van der Waals surface area (Å²) in [6, 6.07) is 10.4. The second kappa shape index (κ2) is 14.6. The molecule has 0 aliphatic rings. The Balaban J connectivity index is 2.15. The summed E-state index contributed by atoms with van der Waals surface area (Å²) in [6.45, 7) is 9.53. The largest absolute Gasteiger partial charge is 0.458 e. The highest BCUT2D eigenvalue weighted by Gasteiger charge is 2.41. The first-order chi connectivity index (χ1) is 20.5. The molecule has 0 saturated heterocycles. The number of nitrogens with one attached hydrogen (secondary N) is 2. The molecule has 0 aliphatic carbocycles. The van der Waals surface area contributed by atoms with E-state index in [0.29, 0.717) is 0 Å². The SMILES string of the molecule is CC(C)(C)OC(=O)N[C@@H](CC=NS(=O)(=O)CCC(c1ccc(S(=O)(=O)Nc2ccccc2)cc1)C(F)(F)F)C(=O)OC(C)(C)C. The molecule has 0 bridgehead atoms. The Morgan fingerprint density at radius 2 is 1.42 bits per heavy atom. The first-order valence-electron chi connectivity index (χ1n) is 13.7. The Kier molecular flexibility index (Phi) is 12.2. The van der Waals surface area contributed by atoms with Gasteiger partial charge in [-0.2, -0.15) is 17.6 Å². The molecule has 2 aromatic rings. The Morgan fingerprint density at radius 1 is 0.867 bits per heavy atom. The summed E-state index contributed by atoms with van der Waals surface area (Å²) in [5.74, 6) is -4.16. The van der Waals surface area contributed by atoms with Crippen molar-refractivity contribution < 1.29 is 49.1 Å². The molecule has 1 unspecified atom stereocenters. The molecule has 2 N–H and O–H groups in total. The van der Waals surface area contributed by atoms with Gasteiger partial charge in [-0.05, 0) is 77.8 Å². The van der Waals surface area contributed by atoms with Gasteiger partial charge in [0.2, 0.25) is 0 Å². The van der Waals surface area contributed by atoms with E-state index >= 15 is 0 Å². The standard InChI is InChI=1S/C29H38F3N3O8S2/c1-27(2,3)42-25(36)24(34-26(37)43-28(4,5)6)16-18-33-44(38,39)19-17-23(29(30,31)32)20-12-14-22(15-13-20)45(40,41)35-21-10-8-7-9-11-21/h7-15,18,23-24,35H,16-17,19H2,1-6H3,(H,34,37)/t23?,24-/m0/s1. The number of benzene rings is 2. The molecule has 16 heteroatoms. The molecule has 2 aromatic carbocycles. The predicted octanol–water partition coefficient (Wildman–Crippen LogP) is 5.55. The van der Waals surface area contributed by atoms with Crippen LogP contribution in [0.4, 0.5) is 23.7 Å². The van der Waals surface area contributed by atoms with Gasteiger partial charge in [0.15, 0.2) is 0 Å². The average Bonchev–Trinajstić information content (AvgIpc) is 2.86. The molecule has 0 spiro atoms. The molecule has 2 rings (SSSR count). The number of carbonyl (C=O) groups excluding carboxylic acids is 2. The van der Waals surface area contributed by atoms with Crippen LogP contribution in [0.15, 0.2) is 63.9 Å². The minimum absolute atomic E-state index is 0.263. The number of para-hydroxylation sites is 1. The number of nitrogens with zero attached hydrogens (tertiary/aromatic N) is 1. The number of hydrogen-bond donors (Lipinski definition) is 2. The molecular weight excluding hydrogens is 639 g/mol. The number of rotatable bonds is 12. The predicted molar refractivity (Wildman–Crippen MR) is 163 cm³/mol. The van der Waals surface area contributed by atoms with Crippen molar-refractivity contribution >= 4 is 44.0 Å². The summed E-state index contributed by atoms with van der Waals surface area (Å²) in [6.07, 6.45) is -6.41. The van der Waals surface area contributed by atoms with Gasteiger partial charge in [0, 0.05) is 18.3 Å². The zero-order valence-electron chi connectivity index (χ0n) is 25.7. The first kappa shape index (κ1) is 37.5. The van der Waals surface area contributed by atoms with E-state index < -0.39 is 80.0 Å². The Hall–Kier alpha value is -3.66. The van der Waals surface area contributed by atoms with Gasteiger partial charge in [0.25, 0.3) is 20.0 Å². The lowest BCUT2D eigenvalue weighted by atomic mass is 9.96. The molecule has 0 aromatic heterocycles. The maximum atomic E-state index is 14.0. The highest BCUT2D eigenvalue weighted by atomic mass is 32.2. The molecule has 2 atom stereocenters. The number of halogens is 3. The number of sulfonamides is 2. The normalized spacial score (nSPS) is 14.4. The van der Waals surface area contributed by atoms with Gasteiger partial charge in [0.05, 0.1) is 16.6 Å². The Bertz CT molecular complexity index is 1550. The van der Waals surface area contributed by atoms with Crippen molar-refractivity contribution in [1.29, 1.82) is 0 Å². The summed E-state index contributed by atoms with van der Waals surface area (Å²) in [5, 5.41) is 2.28. The first-order valence-corrected chi connectivity index (χ1v) is 16.8. The van der Waals surface area contributed by atoms with Gasteiger partial charge >= 0.3 is 18.2 Å². The summed E-state index contributed by atoms with van der Waals surface area (Å²) in [5.41, 5.74) is -1.92. The summed E-state index contributed by atoms with van der Waals surface area (Å²) >= 11 is 0. The van der Waals surface area contributed by atoms with Crippen molar-refractivity contribution in [1.82, 2.24) is 5.32 Å². The van der Waals surface area contributed by atoms with Crippen molar-refractivity contribution in [3.8, 4) is 0 Å². The number of alkyl carbamates (subject to hydrolysis) is 1. The van der Waals surface area contributed by atoms with Crippen LogP contribution in [0.3, 0.4) is 0 Å². The molecule has 250 valence electrons. The third-order valence-corrected chi connectivity index (χ3v) is 8.26. The van der Waals surface area contributed by atoms with Crippen LogP contribution >= 0.6 is 0 Å². The van der Waals surface area contributed by atoms with Crippen LogP contribution in [-0.4, -0.2) is 64.3 Å². The molecule has 0 aliphatic heterocycles. The molecule has 11 nitrogen and oxygen atoms in total. The zero-order valence-corrected chi connectivity index (χ0v) is 27.3. The zero-order chi connectivity index (χ0) is 34.3. The van der Waals surface area contributed by atoms with Crippen LogP contribution < -0.4 is 10.0 Å². The highest BCUT2D eigenvalue weighted by Crippen LogP contribution is 2.38. The fraction of sp³-hybridized carbons (Fsp3) is 0.483. The minimum Gasteiger partial charge on any atom is -0.458 e. The minimum atomic E-state index is -4.86. The topological polar surface area (TPSA) is 157 Å². The van der Waals surface area contributed by atoms with E-state index in [1.807, 2.05) is 0 Å². The van der Waals surface area contributed by atoms with E-state index in [-0.39, 0.29) is 16.1 Å². The van der Waals surface area contributed by atoms with E-state index in [1.165, 1.54) is 12.1 Å². The molecule has 0 fully saturated rings. The summed E-state index contributed by atoms with van der Waals surface area (Å²) in [4.78, 5) is 24.5. The third-order valence-electron chi connectivity index (χ3n) is 5.64. The van der Waals surface area contributed by atoms with E-state index in [0.717, 1.165) is 30.5 Å². The van der Waals surface area contributed by atoms with E-state index in [1.54, 1.807) is 59.7 Å². The van der Waals surface area contributed by atoms with Gasteiger partial charge in [-0.15, -0.1) is 0 Å². The monoisotopic (exact) mass is 677 g/mol. The van der Waals surface area contributed by atoms with Gasteiger partial charge in [-0.25, -0.2) is 26.4 Å². The lowest BCUT2D eigenvalue weighted by Gasteiger charge is -2.25. The van der Waals surface area contributed by atoms with Gasteiger partial charge < -0.3 is 14.8 Å². The number of alkyl halides is 3. The quantitative estimate of drug-likeness (QED) is 0.219. The molecule has 0 heterocycles. The van der Waals surface area contributed by atoms with Crippen molar-refractivity contribution in [2.75, 3.05) is 10.5 Å². The number of amides is 1. The second-order valence-corrected chi connectivity index (χ2v) is 15.4. The number of carbonyl (C=O) groups is 2. The van der Waals surface area contributed by atoms with Crippen molar-refractivity contribution in [2.45, 2.75) is 88.6 Å². The Morgan fingerprint density at radius 3 is 1.93 bits per heavy atom. The van der Waals surface area contributed by atoms with Crippen molar-refractivity contribution in [2.24, 2.45) is 4.40 Å². The Labute approximate surface area is 261 Å². The number of ether oxygens (including phenoxy) is 2. The summed E-state index contributed by atoms with van der Waals surface area (Å²) < 4.78 is 108. The fourth-order valence-electron chi connectivity index (χ4n) is 3.74. The van der Waals surface area contributed by atoms with Crippen LogP contribution in [0, 0.1) is 0 Å². The van der Waals surface area contributed by atoms with Crippen molar-refractivity contribution in [3.05, 3.63) is 60.2 Å². The second-order valence-electron chi connectivity index (χ2n) is 12.0. The molecule has 0 radical (unpaired) electrons. The highest BCUT2D eigenvalue weighted by molar-refractivity contribution is 7.92. The molecule has 0 saturated carbocycles. The number of esters is 1. The number of anilines is 1. The third kappa shape index (κ3) is 13.5. The molecular formula is C29H38F3N3O8S2. The summed E-state index contributed by atoms with van der Waals surface area (Å²) in [7, 11) is -8.55. The average molecular weight is 678 g/mol. The van der Waals surface area contributed by atoms with E-state index in [4.69, 9.17) is 9.47 Å². The smallest absolute Gasteiger partial charge is 0.408 e. The van der Waals surface area contributed by atoms with Crippen LogP contribution in [0.2, 0.25) is 0 Å². The van der Waals surface area contributed by atoms with Gasteiger partial charge in [-0.3, -0.25) is 4.72 Å². The van der Waals surface area contributed by atoms with E-state index in [9.17, 15) is 39.6 Å². The molecule has 45 heavy (non-hydrogen) atoms. The van der Waals surface area contributed by atoms with Gasteiger partial charge in [-0.1, -0.05) is 30.3 Å². The van der Waals surface area contributed by atoms with E-state index in [2.05, 4.69) is 14.4 Å². The fourth-order valence-corrected chi connectivity index (χ4v) is 5.75. The van der Waals surface area contributed by atoms with Crippen LogP contribution in [0.1, 0.15) is 65.9 Å². The van der Waals surface area contributed by atoms with Crippen LogP contribution in [0.25, 0.3) is 0 Å². The maximum absolute atomic E-state index is 14.0. The lowest BCUT2D eigenvalue weighted by Crippen LogP contribution is -2.46. The number of hydrogen-bond acceptors (Lipinski definition) is 8. The van der Waals surface area contributed by atoms with Crippen molar-refractivity contribution in [3.63, 3.8) is 0 Å². The lowest BCUT2D eigenvalue weighted by molar-refractivity contribution is -0.157. The van der Waals surface area contributed by atoms with Crippen LogP contribution in [0.5, 0.6) is 0 Å². The molecule has 1 amide bonds. The maximum Gasteiger partial charge on any atom is 0.408 e.